The van der Waals surface area contributed by atoms with Crippen LogP contribution in [0, 0.1) is 5.92 Å². The highest BCUT2D eigenvalue weighted by atomic mass is 16.4. The van der Waals surface area contributed by atoms with E-state index in [9.17, 15) is 14.4 Å². The van der Waals surface area contributed by atoms with Gasteiger partial charge in [0.2, 0.25) is 0 Å². The van der Waals surface area contributed by atoms with Crippen LogP contribution in [-0.4, -0.2) is 34.5 Å². The van der Waals surface area contributed by atoms with E-state index >= 15 is 0 Å². The number of anilines is 2. The summed E-state index contributed by atoms with van der Waals surface area (Å²) in [6, 6.07) is 6.52. The average molecular weight is 266 g/mol. The van der Waals surface area contributed by atoms with Gasteiger partial charge in [0.15, 0.2) is 5.78 Å². The van der Waals surface area contributed by atoms with E-state index in [1.165, 1.54) is 0 Å². The van der Waals surface area contributed by atoms with Gasteiger partial charge in [-0.05, 0) is 24.3 Å². The molecule has 0 bridgehead atoms. The zero-order valence-corrected chi connectivity index (χ0v) is 10.00. The Bertz CT molecular complexity index is 483. The Balaban J connectivity index is 2.59. The fourth-order valence-corrected chi connectivity index (χ4v) is 1.43. The number of hydrogen-bond acceptors (Lipinski definition) is 5. The number of nitrogens with one attached hydrogen (secondary N) is 1. The molecule has 1 rings (SSSR count). The lowest BCUT2D eigenvalue weighted by molar-refractivity contribution is -0.151. The van der Waals surface area contributed by atoms with E-state index in [1.54, 1.807) is 24.3 Å². The van der Waals surface area contributed by atoms with Crippen LogP contribution in [0.25, 0.3) is 0 Å². The highest BCUT2D eigenvalue weighted by Crippen LogP contribution is 2.11. The molecule has 1 aromatic carbocycles. The zero-order valence-electron chi connectivity index (χ0n) is 10.00. The van der Waals surface area contributed by atoms with E-state index in [1.807, 2.05) is 0 Å². The summed E-state index contributed by atoms with van der Waals surface area (Å²) in [6.45, 7) is -0.256. The van der Waals surface area contributed by atoms with Gasteiger partial charge in [0.25, 0.3) is 0 Å². The molecule has 5 N–H and O–H groups in total. The first-order chi connectivity index (χ1) is 8.90. The predicted octanol–water partition coefficient (Wildman–Crippen LogP) is 0.425. The highest BCUT2D eigenvalue weighted by molar-refractivity contribution is 6.02. The first-order valence-corrected chi connectivity index (χ1v) is 5.47. The number of Topliss-reactive ketones (excluding diaryl/α,β-unsaturated/α-hetero) is 1. The Hall–Kier alpha value is -2.57. The third-order valence-electron chi connectivity index (χ3n) is 2.44. The van der Waals surface area contributed by atoms with Crippen molar-refractivity contribution in [1.29, 1.82) is 0 Å². The molecule has 0 aliphatic rings. The molecule has 0 saturated heterocycles. The van der Waals surface area contributed by atoms with Gasteiger partial charge in [0.1, 0.15) is 5.92 Å². The Morgan fingerprint density at radius 2 is 1.74 bits per heavy atom. The molecule has 1 aromatic rings. The number of carbonyl (C=O) groups is 3. The van der Waals surface area contributed by atoms with E-state index in [4.69, 9.17) is 15.9 Å². The van der Waals surface area contributed by atoms with Crippen LogP contribution in [-0.2, 0) is 14.4 Å². The molecule has 0 aromatic heterocycles. The molecule has 0 aliphatic heterocycles. The van der Waals surface area contributed by atoms with Gasteiger partial charge in [-0.2, -0.15) is 0 Å². The van der Waals surface area contributed by atoms with Crippen LogP contribution >= 0.6 is 0 Å². The summed E-state index contributed by atoms with van der Waals surface area (Å²) in [4.78, 5) is 32.9. The third kappa shape index (κ3) is 4.66. The Kier molecular flexibility index (Phi) is 4.87. The summed E-state index contributed by atoms with van der Waals surface area (Å²) >= 11 is 0. The quantitative estimate of drug-likeness (QED) is 0.415. The monoisotopic (exact) mass is 266 g/mol. The summed E-state index contributed by atoms with van der Waals surface area (Å²) in [5.41, 5.74) is 6.65. The Labute approximate surface area is 109 Å². The molecule has 0 amide bonds. The topological polar surface area (TPSA) is 130 Å². The first kappa shape index (κ1) is 14.5. The van der Waals surface area contributed by atoms with Crippen LogP contribution in [0.5, 0.6) is 0 Å². The predicted molar refractivity (Wildman–Crippen MR) is 67.7 cm³/mol. The second-order valence-corrected chi connectivity index (χ2v) is 3.93. The van der Waals surface area contributed by atoms with Crippen LogP contribution in [0.15, 0.2) is 24.3 Å². The van der Waals surface area contributed by atoms with Gasteiger partial charge in [-0.15, -0.1) is 0 Å². The van der Waals surface area contributed by atoms with Crippen LogP contribution in [0.3, 0.4) is 0 Å². The number of aliphatic carboxylic acids is 2. The van der Waals surface area contributed by atoms with Crippen molar-refractivity contribution in [3.05, 3.63) is 24.3 Å². The number of ketones is 1. The van der Waals surface area contributed by atoms with Crippen molar-refractivity contribution in [2.75, 3.05) is 17.6 Å². The van der Waals surface area contributed by atoms with Crippen molar-refractivity contribution in [3.63, 3.8) is 0 Å². The lowest BCUT2D eigenvalue weighted by Crippen LogP contribution is -2.31. The van der Waals surface area contributed by atoms with Gasteiger partial charge in [-0.3, -0.25) is 14.4 Å². The van der Waals surface area contributed by atoms with E-state index in [0.717, 1.165) is 0 Å². The van der Waals surface area contributed by atoms with Gasteiger partial charge in [0.05, 0.1) is 13.0 Å². The van der Waals surface area contributed by atoms with Crippen molar-refractivity contribution in [2.45, 2.75) is 6.42 Å². The van der Waals surface area contributed by atoms with Crippen molar-refractivity contribution >= 4 is 29.1 Å². The molecule has 19 heavy (non-hydrogen) atoms. The van der Waals surface area contributed by atoms with Gasteiger partial charge >= 0.3 is 11.9 Å². The molecule has 102 valence electrons. The summed E-state index contributed by atoms with van der Waals surface area (Å²) in [5.74, 6) is -5.00. The molecule has 0 radical (unpaired) electrons. The third-order valence-corrected chi connectivity index (χ3v) is 2.44. The van der Waals surface area contributed by atoms with Crippen LogP contribution in [0.1, 0.15) is 6.42 Å². The fraction of sp³-hybridized carbons (Fsp3) is 0.250. The summed E-state index contributed by atoms with van der Waals surface area (Å²) < 4.78 is 0. The average Bonchev–Trinajstić information content (AvgIpc) is 2.34. The maximum Gasteiger partial charge on any atom is 0.314 e. The number of hydrogen-bond donors (Lipinski definition) is 4. The number of nitrogens with two attached hydrogens (primary N) is 1. The van der Waals surface area contributed by atoms with Gasteiger partial charge in [0, 0.05) is 11.4 Å². The molecular weight excluding hydrogens is 252 g/mol. The van der Waals surface area contributed by atoms with Crippen molar-refractivity contribution in [2.24, 2.45) is 5.92 Å². The number of nitrogen functional groups attached to an aromatic ring is 1. The second kappa shape index (κ2) is 6.39. The van der Waals surface area contributed by atoms with Gasteiger partial charge < -0.3 is 21.3 Å². The largest absolute Gasteiger partial charge is 0.481 e. The smallest absolute Gasteiger partial charge is 0.314 e. The molecule has 1 unspecified atom stereocenters. The normalized spacial score (nSPS) is 11.6. The van der Waals surface area contributed by atoms with E-state index in [0.29, 0.717) is 11.4 Å². The first-order valence-electron chi connectivity index (χ1n) is 5.47. The maximum absolute atomic E-state index is 11.6. The van der Waals surface area contributed by atoms with Crippen LogP contribution in [0.2, 0.25) is 0 Å². The summed E-state index contributed by atoms with van der Waals surface area (Å²) in [5, 5.41) is 20.1. The Morgan fingerprint density at radius 1 is 1.16 bits per heavy atom. The van der Waals surface area contributed by atoms with E-state index < -0.39 is 30.1 Å². The molecule has 7 heteroatoms. The second-order valence-electron chi connectivity index (χ2n) is 3.93. The lowest BCUT2D eigenvalue weighted by Gasteiger charge is -2.10. The number of carboxylic acids is 2. The van der Waals surface area contributed by atoms with Crippen LogP contribution < -0.4 is 11.1 Å². The minimum atomic E-state index is -1.54. The van der Waals surface area contributed by atoms with Crippen molar-refractivity contribution in [3.8, 4) is 0 Å². The molecule has 0 saturated carbocycles. The zero-order chi connectivity index (χ0) is 14.4. The minimum Gasteiger partial charge on any atom is -0.481 e. The van der Waals surface area contributed by atoms with E-state index in [-0.39, 0.29) is 6.54 Å². The number of carbonyl (C=O) groups excluding carboxylic acids is 1. The minimum absolute atomic E-state index is 0.256. The van der Waals surface area contributed by atoms with Crippen molar-refractivity contribution in [1.82, 2.24) is 0 Å². The number of benzene rings is 1. The Morgan fingerprint density at radius 3 is 2.21 bits per heavy atom. The molecule has 0 spiro atoms. The standard InChI is InChI=1S/C12H14N2O5/c13-7-1-3-8(4-2-7)14-6-10(15)9(12(18)19)5-11(16)17/h1-4,9,14H,5-6,13H2,(H,16,17)(H,18,19). The number of carboxylic acid groups (broad SMARTS) is 2. The van der Waals surface area contributed by atoms with E-state index in [2.05, 4.69) is 5.32 Å². The molecule has 0 fully saturated rings. The summed E-state index contributed by atoms with van der Waals surface area (Å²) in [7, 11) is 0. The molecule has 0 heterocycles. The van der Waals surface area contributed by atoms with Crippen LogP contribution in [0.4, 0.5) is 11.4 Å². The summed E-state index contributed by atoms with van der Waals surface area (Å²) in [6.07, 6.45) is -0.725. The van der Waals surface area contributed by atoms with Crippen molar-refractivity contribution < 1.29 is 24.6 Å². The van der Waals surface area contributed by atoms with Gasteiger partial charge in [-0.1, -0.05) is 0 Å². The SMILES string of the molecule is Nc1ccc(NCC(=O)C(CC(=O)O)C(=O)O)cc1. The lowest BCUT2D eigenvalue weighted by atomic mass is 10.0. The van der Waals surface area contributed by atoms with Gasteiger partial charge in [-0.25, -0.2) is 0 Å². The molecule has 7 nitrogen and oxygen atoms in total. The highest BCUT2D eigenvalue weighted by Gasteiger charge is 2.28. The fourth-order valence-electron chi connectivity index (χ4n) is 1.43. The molecular formula is C12H14N2O5. The maximum atomic E-state index is 11.6. The molecule has 1 atom stereocenters. The molecule has 0 aliphatic carbocycles. The number of rotatable bonds is 7.